The summed E-state index contributed by atoms with van der Waals surface area (Å²) >= 11 is 0. The molecule has 5 heteroatoms. The molecule has 2 aliphatic carbocycles. The Labute approximate surface area is 202 Å². The molecular weight excluding hydrogens is 424 g/mol. The molecule has 3 saturated heterocycles. The molecular formula is C29H36N2O3. The van der Waals surface area contributed by atoms with E-state index in [1.54, 1.807) is 0 Å². The molecule has 5 aliphatic rings. The predicted molar refractivity (Wildman–Crippen MR) is 133 cm³/mol. The van der Waals surface area contributed by atoms with Crippen LogP contribution >= 0.6 is 0 Å². The van der Waals surface area contributed by atoms with Crippen LogP contribution in [0.25, 0.3) is 11.1 Å². The number of amides is 1. The number of carboxylic acid groups (broad SMARTS) is 1. The fourth-order valence-electron chi connectivity index (χ4n) is 6.90. The SMILES string of the molecule is CCCOc1ccc(-c2ccc3c(c2)CCC2(CC2)C3N(C(=O)O)[C@@H]2CN3CCC2CC3)cc1. The van der Waals surface area contributed by atoms with E-state index >= 15 is 0 Å². The number of hydrogen-bond donors (Lipinski definition) is 1. The lowest BCUT2D eigenvalue weighted by atomic mass is 9.73. The number of nitrogens with zero attached hydrogens (tertiary/aromatic N) is 2. The minimum absolute atomic E-state index is 0.00169. The molecule has 3 aliphatic heterocycles. The van der Waals surface area contributed by atoms with Gasteiger partial charge < -0.3 is 14.7 Å². The Morgan fingerprint density at radius 1 is 1.09 bits per heavy atom. The van der Waals surface area contributed by atoms with E-state index in [1.165, 1.54) is 22.3 Å². The molecule has 1 saturated carbocycles. The summed E-state index contributed by atoms with van der Waals surface area (Å²) in [5.74, 6) is 1.42. The second-order valence-electron chi connectivity index (χ2n) is 10.9. The van der Waals surface area contributed by atoms with Crippen molar-refractivity contribution in [1.82, 2.24) is 9.80 Å². The molecule has 0 radical (unpaired) electrons. The summed E-state index contributed by atoms with van der Waals surface area (Å²) < 4.78 is 5.74. The Balaban J connectivity index is 1.32. The van der Waals surface area contributed by atoms with Crippen molar-refractivity contribution in [3.8, 4) is 16.9 Å². The Bertz CT molecular complexity index is 1050. The van der Waals surface area contributed by atoms with Crippen molar-refractivity contribution in [2.75, 3.05) is 26.2 Å². The summed E-state index contributed by atoms with van der Waals surface area (Å²) in [6.07, 6.45) is 7.01. The van der Waals surface area contributed by atoms with E-state index in [1.807, 2.05) is 17.0 Å². The van der Waals surface area contributed by atoms with Crippen LogP contribution in [0, 0.1) is 11.3 Å². The fourth-order valence-corrected chi connectivity index (χ4v) is 6.90. The minimum Gasteiger partial charge on any atom is -0.494 e. The van der Waals surface area contributed by atoms with E-state index in [9.17, 15) is 9.90 Å². The van der Waals surface area contributed by atoms with E-state index in [2.05, 4.69) is 42.2 Å². The number of ether oxygens (including phenoxy) is 1. The number of piperidine rings is 3. The third-order valence-electron chi connectivity index (χ3n) is 8.94. The van der Waals surface area contributed by atoms with Gasteiger partial charge in [0.1, 0.15) is 5.75 Å². The summed E-state index contributed by atoms with van der Waals surface area (Å²) in [5, 5.41) is 10.5. The highest BCUT2D eigenvalue weighted by Gasteiger charge is 2.57. The lowest BCUT2D eigenvalue weighted by molar-refractivity contribution is -0.0243. The van der Waals surface area contributed by atoms with Gasteiger partial charge in [0.25, 0.3) is 0 Å². The quantitative estimate of drug-likeness (QED) is 0.576. The van der Waals surface area contributed by atoms with Crippen LogP contribution in [-0.4, -0.2) is 53.3 Å². The van der Waals surface area contributed by atoms with Gasteiger partial charge in [0, 0.05) is 6.54 Å². The third-order valence-corrected chi connectivity index (χ3v) is 8.94. The predicted octanol–water partition coefficient (Wildman–Crippen LogP) is 5.98. The van der Waals surface area contributed by atoms with Crippen molar-refractivity contribution in [3.63, 3.8) is 0 Å². The molecule has 180 valence electrons. The number of aryl methyl sites for hydroxylation is 1. The highest BCUT2D eigenvalue weighted by molar-refractivity contribution is 5.69. The van der Waals surface area contributed by atoms with Crippen LogP contribution in [0.4, 0.5) is 4.79 Å². The van der Waals surface area contributed by atoms with Gasteiger partial charge in [-0.2, -0.15) is 0 Å². The zero-order chi connectivity index (χ0) is 23.3. The number of fused-ring (bicyclic) bond motifs is 4. The molecule has 1 N–H and O–H groups in total. The van der Waals surface area contributed by atoms with Crippen LogP contribution < -0.4 is 4.74 Å². The second-order valence-corrected chi connectivity index (χ2v) is 10.9. The molecule has 1 unspecified atom stereocenters. The molecule has 34 heavy (non-hydrogen) atoms. The van der Waals surface area contributed by atoms with Crippen LogP contribution in [0.3, 0.4) is 0 Å². The molecule has 2 atom stereocenters. The van der Waals surface area contributed by atoms with Gasteiger partial charge in [-0.25, -0.2) is 4.79 Å². The Morgan fingerprint density at radius 3 is 2.44 bits per heavy atom. The zero-order valence-corrected chi connectivity index (χ0v) is 20.2. The van der Waals surface area contributed by atoms with Gasteiger partial charge in [0.05, 0.1) is 18.7 Å². The van der Waals surface area contributed by atoms with Crippen LogP contribution in [0.1, 0.15) is 62.6 Å². The van der Waals surface area contributed by atoms with Crippen LogP contribution in [0.15, 0.2) is 42.5 Å². The third kappa shape index (κ3) is 3.78. The van der Waals surface area contributed by atoms with Gasteiger partial charge in [-0.05, 0) is 104 Å². The molecule has 5 nitrogen and oxygen atoms in total. The van der Waals surface area contributed by atoms with Gasteiger partial charge in [0.15, 0.2) is 0 Å². The second kappa shape index (κ2) is 8.60. The smallest absolute Gasteiger partial charge is 0.408 e. The normalized spacial score (nSPS) is 28.4. The maximum Gasteiger partial charge on any atom is 0.408 e. The Hall–Kier alpha value is -2.53. The Morgan fingerprint density at radius 2 is 1.82 bits per heavy atom. The zero-order valence-electron chi connectivity index (χ0n) is 20.2. The molecule has 2 aromatic rings. The van der Waals surface area contributed by atoms with Gasteiger partial charge in [0.2, 0.25) is 0 Å². The number of benzene rings is 2. The molecule has 2 bridgehead atoms. The van der Waals surface area contributed by atoms with Crippen molar-refractivity contribution in [2.45, 2.75) is 64.0 Å². The number of rotatable bonds is 6. The first kappa shape index (κ1) is 22.0. The van der Waals surface area contributed by atoms with Crippen molar-refractivity contribution in [2.24, 2.45) is 11.3 Å². The van der Waals surface area contributed by atoms with E-state index in [0.29, 0.717) is 5.92 Å². The molecule has 7 rings (SSSR count). The van der Waals surface area contributed by atoms with E-state index < -0.39 is 6.09 Å². The van der Waals surface area contributed by atoms with Gasteiger partial charge in [-0.15, -0.1) is 0 Å². The maximum absolute atomic E-state index is 12.8. The summed E-state index contributed by atoms with van der Waals surface area (Å²) in [5.41, 5.74) is 5.13. The topological polar surface area (TPSA) is 53.0 Å². The molecule has 2 aromatic carbocycles. The maximum atomic E-state index is 12.8. The lowest BCUT2D eigenvalue weighted by Gasteiger charge is -2.52. The van der Waals surface area contributed by atoms with Crippen molar-refractivity contribution >= 4 is 6.09 Å². The van der Waals surface area contributed by atoms with Gasteiger partial charge in [-0.3, -0.25) is 4.90 Å². The number of hydrogen-bond acceptors (Lipinski definition) is 3. The molecule has 1 spiro atoms. The Kier molecular flexibility index (Phi) is 5.56. The summed E-state index contributed by atoms with van der Waals surface area (Å²) in [4.78, 5) is 17.2. The summed E-state index contributed by atoms with van der Waals surface area (Å²) in [6.45, 7) is 6.02. The highest BCUT2D eigenvalue weighted by Crippen LogP contribution is 2.63. The highest BCUT2D eigenvalue weighted by atomic mass is 16.5. The van der Waals surface area contributed by atoms with Gasteiger partial charge in [-0.1, -0.05) is 37.3 Å². The molecule has 3 heterocycles. The van der Waals surface area contributed by atoms with E-state index in [0.717, 1.165) is 76.9 Å². The van der Waals surface area contributed by atoms with Crippen molar-refractivity contribution in [3.05, 3.63) is 53.6 Å². The average molecular weight is 461 g/mol. The van der Waals surface area contributed by atoms with E-state index in [4.69, 9.17) is 4.74 Å². The first-order chi connectivity index (χ1) is 16.6. The fraction of sp³-hybridized carbons (Fsp3) is 0.552. The average Bonchev–Trinajstić information content (AvgIpc) is 3.65. The standard InChI is InChI=1S/C29H36N2O3/c1-2-17-34-24-6-3-20(4-7-24)22-5-8-25-23(18-22)9-12-29(13-14-29)27(25)31(28(32)33)26-19-30-15-10-21(26)11-16-30/h3-8,18,21,26-27H,2,9-17,19H2,1H3,(H,32,33)/t26-,27?/m1/s1. The summed E-state index contributed by atoms with van der Waals surface area (Å²) in [6, 6.07) is 15.2. The first-order valence-electron chi connectivity index (χ1n) is 13.2. The monoisotopic (exact) mass is 460 g/mol. The van der Waals surface area contributed by atoms with Crippen LogP contribution in [0.2, 0.25) is 0 Å². The summed E-state index contributed by atoms with van der Waals surface area (Å²) in [7, 11) is 0. The molecule has 1 amide bonds. The number of carbonyl (C=O) groups is 1. The van der Waals surface area contributed by atoms with Crippen molar-refractivity contribution in [1.29, 1.82) is 0 Å². The van der Waals surface area contributed by atoms with Crippen molar-refractivity contribution < 1.29 is 14.6 Å². The first-order valence-corrected chi connectivity index (χ1v) is 13.2. The van der Waals surface area contributed by atoms with Crippen LogP contribution in [-0.2, 0) is 6.42 Å². The largest absolute Gasteiger partial charge is 0.494 e. The van der Waals surface area contributed by atoms with Gasteiger partial charge >= 0.3 is 6.09 Å². The van der Waals surface area contributed by atoms with E-state index in [-0.39, 0.29) is 17.5 Å². The van der Waals surface area contributed by atoms with Crippen LogP contribution in [0.5, 0.6) is 5.75 Å². The molecule has 4 fully saturated rings. The minimum atomic E-state index is -0.727. The molecule has 0 aromatic heterocycles. The lowest BCUT2D eigenvalue weighted by Crippen LogP contribution is -2.60.